The van der Waals surface area contributed by atoms with Crippen molar-refractivity contribution in [3.63, 3.8) is 0 Å². The molecule has 1 aliphatic heterocycles. The van der Waals surface area contributed by atoms with Gasteiger partial charge in [0.1, 0.15) is 11.4 Å². The summed E-state index contributed by atoms with van der Waals surface area (Å²) in [6.45, 7) is 5.64. The van der Waals surface area contributed by atoms with Gasteiger partial charge in [-0.25, -0.2) is 14.2 Å². The minimum Gasteiger partial charge on any atom is -0.462 e. The number of pyridine rings is 1. The largest absolute Gasteiger partial charge is 0.462 e. The van der Waals surface area contributed by atoms with Gasteiger partial charge in [-0.3, -0.25) is 4.68 Å². The smallest absolute Gasteiger partial charge is 0.341 e. The number of piperidine rings is 1. The van der Waals surface area contributed by atoms with Crippen molar-refractivity contribution in [2.24, 2.45) is 7.05 Å². The molecule has 0 spiro atoms. The maximum atomic E-state index is 13.6. The molecule has 0 unspecified atom stereocenters. The van der Waals surface area contributed by atoms with Crippen LogP contribution < -0.4 is 4.90 Å². The fourth-order valence-corrected chi connectivity index (χ4v) is 4.95. The first-order valence-electron chi connectivity index (χ1n) is 11.0. The van der Waals surface area contributed by atoms with Crippen molar-refractivity contribution in [3.05, 3.63) is 53.2 Å². The van der Waals surface area contributed by atoms with Crippen LogP contribution in [0.2, 0.25) is 0 Å². The molecule has 166 valence electrons. The molecule has 32 heavy (non-hydrogen) atoms. The number of fused-ring (bicyclic) bond motifs is 2. The number of aromatic amines is 1. The van der Waals surface area contributed by atoms with Gasteiger partial charge in [-0.1, -0.05) is 0 Å². The van der Waals surface area contributed by atoms with Crippen molar-refractivity contribution in [2.75, 3.05) is 24.6 Å². The van der Waals surface area contributed by atoms with Crippen molar-refractivity contribution in [2.45, 2.75) is 32.6 Å². The van der Waals surface area contributed by atoms with Crippen LogP contribution in [-0.2, 0) is 11.8 Å². The molecule has 1 saturated heterocycles. The third-order valence-corrected chi connectivity index (χ3v) is 6.42. The predicted molar refractivity (Wildman–Crippen MR) is 122 cm³/mol. The minimum atomic E-state index is -0.360. The number of ether oxygens (including phenoxy) is 1. The molecule has 0 bridgehead atoms. The molecule has 0 amide bonds. The van der Waals surface area contributed by atoms with E-state index < -0.39 is 0 Å². The highest BCUT2D eigenvalue weighted by molar-refractivity contribution is 6.05. The number of carbonyl (C=O) groups excluding carboxylic acids is 1. The van der Waals surface area contributed by atoms with Crippen LogP contribution in [0.4, 0.5) is 10.1 Å². The Morgan fingerprint density at radius 3 is 2.84 bits per heavy atom. The van der Waals surface area contributed by atoms with E-state index in [1.54, 1.807) is 23.9 Å². The Morgan fingerprint density at radius 1 is 1.31 bits per heavy atom. The van der Waals surface area contributed by atoms with Crippen molar-refractivity contribution >= 4 is 33.6 Å². The molecule has 1 aromatic carbocycles. The number of carbonyl (C=O) groups is 1. The van der Waals surface area contributed by atoms with Gasteiger partial charge in [0.2, 0.25) is 0 Å². The van der Waals surface area contributed by atoms with Crippen LogP contribution in [0.5, 0.6) is 0 Å². The van der Waals surface area contributed by atoms with Gasteiger partial charge in [0.15, 0.2) is 5.65 Å². The molecule has 7 nitrogen and oxygen atoms in total. The number of halogens is 1. The summed E-state index contributed by atoms with van der Waals surface area (Å²) >= 11 is 0. The molecule has 0 saturated carbocycles. The lowest BCUT2D eigenvalue weighted by atomic mass is 9.88. The third kappa shape index (κ3) is 3.30. The van der Waals surface area contributed by atoms with E-state index in [1.807, 2.05) is 26.2 Å². The Hall–Kier alpha value is -3.42. The monoisotopic (exact) mass is 435 g/mol. The Morgan fingerprint density at radius 2 is 2.09 bits per heavy atom. The van der Waals surface area contributed by atoms with Gasteiger partial charge < -0.3 is 14.6 Å². The number of hydrogen-bond acceptors (Lipinski definition) is 5. The fourth-order valence-electron chi connectivity index (χ4n) is 4.95. The molecular formula is C24H26FN5O2. The highest BCUT2D eigenvalue weighted by Crippen LogP contribution is 2.38. The number of benzene rings is 1. The van der Waals surface area contributed by atoms with Crippen LogP contribution >= 0.6 is 0 Å². The average Bonchev–Trinajstić information content (AvgIpc) is 3.33. The number of nitrogens with zero attached hydrogens (tertiary/aromatic N) is 4. The highest BCUT2D eigenvalue weighted by atomic mass is 19.1. The summed E-state index contributed by atoms with van der Waals surface area (Å²) in [7, 11) is 1.86. The van der Waals surface area contributed by atoms with Gasteiger partial charge in [-0.2, -0.15) is 5.10 Å². The number of anilines is 1. The molecule has 0 radical (unpaired) electrons. The average molecular weight is 436 g/mol. The van der Waals surface area contributed by atoms with E-state index >= 15 is 0 Å². The molecule has 5 rings (SSSR count). The van der Waals surface area contributed by atoms with Crippen molar-refractivity contribution in [1.29, 1.82) is 0 Å². The molecule has 8 heteroatoms. The second kappa shape index (κ2) is 7.93. The highest BCUT2D eigenvalue weighted by Gasteiger charge is 2.29. The molecule has 3 aromatic heterocycles. The summed E-state index contributed by atoms with van der Waals surface area (Å²) < 4.78 is 20.6. The van der Waals surface area contributed by atoms with Crippen molar-refractivity contribution < 1.29 is 13.9 Å². The van der Waals surface area contributed by atoms with Crippen LogP contribution in [0.15, 0.2) is 30.6 Å². The number of aryl methyl sites for hydroxylation is 2. The summed E-state index contributed by atoms with van der Waals surface area (Å²) in [6, 6.07) is 4.91. The summed E-state index contributed by atoms with van der Waals surface area (Å²) in [5, 5.41) is 6.51. The van der Waals surface area contributed by atoms with Crippen LogP contribution in [-0.4, -0.2) is 45.4 Å². The summed E-state index contributed by atoms with van der Waals surface area (Å²) in [5.74, 6) is -0.231. The first-order chi connectivity index (χ1) is 15.5. The Kier molecular flexibility index (Phi) is 5.07. The topological polar surface area (TPSA) is 76.0 Å². The number of H-pyrrole nitrogens is 1. The number of rotatable bonds is 4. The molecule has 0 aliphatic carbocycles. The maximum absolute atomic E-state index is 13.6. The summed E-state index contributed by atoms with van der Waals surface area (Å²) in [4.78, 5) is 22.7. The van der Waals surface area contributed by atoms with Gasteiger partial charge in [0, 0.05) is 43.4 Å². The lowest BCUT2D eigenvalue weighted by molar-refractivity contribution is 0.0526. The van der Waals surface area contributed by atoms with Crippen LogP contribution in [0.1, 0.15) is 47.3 Å². The van der Waals surface area contributed by atoms with E-state index in [4.69, 9.17) is 4.74 Å². The van der Waals surface area contributed by atoms with Gasteiger partial charge in [-0.05, 0) is 56.4 Å². The van der Waals surface area contributed by atoms with E-state index in [2.05, 4.69) is 20.0 Å². The van der Waals surface area contributed by atoms with E-state index in [1.165, 1.54) is 11.6 Å². The SMILES string of the molecule is CCOC(=O)c1cnc2c(c(C)nn2C)c1N1CCC(c2c[nH]c3cc(F)ccc23)CC1. The lowest BCUT2D eigenvalue weighted by Crippen LogP contribution is -2.34. The predicted octanol–water partition coefficient (Wildman–Crippen LogP) is 4.46. The number of hydrogen-bond donors (Lipinski definition) is 1. The summed E-state index contributed by atoms with van der Waals surface area (Å²) in [6.07, 6.45) is 5.47. The second-order valence-electron chi connectivity index (χ2n) is 8.34. The normalized spacial score (nSPS) is 15.1. The third-order valence-electron chi connectivity index (χ3n) is 6.42. The van der Waals surface area contributed by atoms with Gasteiger partial charge in [0.25, 0.3) is 0 Å². The lowest BCUT2D eigenvalue weighted by Gasteiger charge is -2.35. The van der Waals surface area contributed by atoms with E-state index in [0.29, 0.717) is 18.1 Å². The molecule has 1 N–H and O–H groups in total. The minimum absolute atomic E-state index is 0.235. The number of esters is 1. The zero-order chi connectivity index (χ0) is 22.4. The van der Waals surface area contributed by atoms with Crippen molar-refractivity contribution in [3.8, 4) is 0 Å². The molecule has 1 aliphatic rings. The first kappa shape index (κ1) is 20.5. The van der Waals surface area contributed by atoms with Crippen LogP contribution in [0.25, 0.3) is 21.9 Å². The maximum Gasteiger partial charge on any atom is 0.341 e. The molecule has 1 fully saturated rings. The fraction of sp³-hybridized carbons (Fsp3) is 0.375. The second-order valence-corrected chi connectivity index (χ2v) is 8.34. The standard InChI is InChI=1S/C24H26FN5O2/c1-4-32-24(31)19-13-27-23-21(14(2)28-29(23)3)22(19)30-9-7-15(8-10-30)18-12-26-20-11-16(25)5-6-17(18)20/h5-6,11-13,15,26H,4,7-10H2,1-3H3. The number of aromatic nitrogens is 4. The number of nitrogens with one attached hydrogen (secondary N) is 1. The van der Waals surface area contributed by atoms with Gasteiger partial charge in [-0.15, -0.1) is 0 Å². The van der Waals surface area contributed by atoms with E-state index in [-0.39, 0.29) is 11.8 Å². The van der Waals surface area contributed by atoms with Crippen LogP contribution in [0.3, 0.4) is 0 Å². The first-order valence-corrected chi connectivity index (χ1v) is 11.0. The molecule has 4 heterocycles. The van der Waals surface area contributed by atoms with Gasteiger partial charge in [0.05, 0.1) is 23.4 Å². The Labute approximate surface area is 185 Å². The summed E-state index contributed by atoms with van der Waals surface area (Å²) in [5.41, 5.74) is 5.00. The van der Waals surface area contributed by atoms with Crippen LogP contribution in [0, 0.1) is 12.7 Å². The molecule has 0 atom stereocenters. The molecular weight excluding hydrogens is 409 g/mol. The van der Waals surface area contributed by atoms with E-state index in [9.17, 15) is 9.18 Å². The van der Waals surface area contributed by atoms with E-state index in [0.717, 1.165) is 59.2 Å². The Balaban J connectivity index is 1.49. The Bertz CT molecular complexity index is 1320. The molecule has 4 aromatic rings. The quantitative estimate of drug-likeness (QED) is 0.479. The zero-order valence-electron chi connectivity index (χ0n) is 18.5. The zero-order valence-corrected chi connectivity index (χ0v) is 18.5. The van der Waals surface area contributed by atoms with Crippen molar-refractivity contribution in [1.82, 2.24) is 19.7 Å². The van der Waals surface area contributed by atoms with Gasteiger partial charge >= 0.3 is 5.97 Å².